The van der Waals surface area contributed by atoms with Crippen LogP contribution in [0, 0.1) is 0 Å². The highest BCUT2D eigenvalue weighted by Crippen LogP contribution is 2.25. The Morgan fingerprint density at radius 2 is 2.09 bits per heavy atom. The van der Waals surface area contributed by atoms with E-state index in [1.54, 1.807) is 0 Å². The molecule has 9 heteroatoms. The van der Waals surface area contributed by atoms with E-state index in [0.717, 1.165) is 12.8 Å². The van der Waals surface area contributed by atoms with Gasteiger partial charge in [0.25, 0.3) is 0 Å². The first-order chi connectivity index (χ1) is 10.4. The SMILES string of the molecule is CNC1CCCN(S(=O)(=O)c2cc(Br)cc(C(=O)OC)c2)C1.Cl. The minimum atomic E-state index is -3.64. The van der Waals surface area contributed by atoms with Gasteiger partial charge in [0.2, 0.25) is 10.0 Å². The van der Waals surface area contributed by atoms with Crippen molar-refractivity contribution < 1.29 is 17.9 Å². The first-order valence-corrected chi connectivity index (χ1v) is 9.18. The molecular weight excluding hydrogens is 408 g/mol. The van der Waals surface area contributed by atoms with Crippen LogP contribution in [0.5, 0.6) is 0 Å². The lowest BCUT2D eigenvalue weighted by atomic mass is 10.1. The maximum absolute atomic E-state index is 12.8. The van der Waals surface area contributed by atoms with E-state index in [1.807, 2.05) is 7.05 Å². The molecule has 0 aromatic heterocycles. The van der Waals surface area contributed by atoms with Crippen LogP contribution in [-0.2, 0) is 14.8 Å². The monoisotopic (exact) mass is 426 g/mol. The van der Waals surface area contributed by atoms with Crippen molar-refractivity contribution in [3.8, 4) is 0 Å². The number of piperidine rings is 1. The molecule has 0 saturated carbocycles. The fourth-order valence-electron chi connectivity index (χ4n) is 2.49. The Hall–Kier alpha value is -0.670. The highest BCUT2D eigenvalue weighted by Gasteiger charge is 2.30. The van der Waals surface area contributed by atoms with Crippen molar-refractivity contribution in [3.63, 3.8) is 0 Å². The minimum Gasteiger partial charge on any atom is -0.465 e. The van der Waals surface area contributed by atoms with Crippen molar-refractivity contribution in [1.82, 2.24) is 9.62 Å². The van der Waals surface area contributed by atoms with Gasteiger partial charge in [-0.15, -0.1) is 12.4 Å². The van der Waals surface area contributed by atoms with E-state index in [0.29, 0.717) is 17.6 Å². The fourth-order valence-corrected chi connectivity index (χ4v) is 4.73. The highest BCUT2D eigenvalue weighted by molar-refractivity contribution is 9.10. The van der Waals surface area contributed by atoms with Crippen LogP contribution in [0.15, 0.2) is 27.6 Å². The summed E-state index contributed by atoms with van der Waals surface area (Å²) in [6.07, 6.45) is 1.76. The lowest BCUT2D eigenvalue weighted by molar-refractivity contribution is 0.0600. The smallest absolute Gasteiger partial charge is 0.337 e. The van der Waals surface area contributed by atoms with Gasteiger partial charge in [-0.25, -0.2) is 13.2 Å². The van der Waals surface area contributed by atoms with Crippen LogP contribution in [0.25, 0.3) is 0 Å². The molecule has 130 valence electrons. The molecule has 1 aliphatic heterocycles. The third-order valence-corrected chi connectivity index (χ3v) is 6.02. The van der Waals surface area contributed by atoms with Crippen LogP contribution >= 0.6 is 28.3 Å². The van der Waals surface area contributed by atoms with Gasteiger partial charge in [-0.1, -0.05) is 15.9 Å². The van der Waals surface area contributed by atoms with Crippen molar-refractivity contribution in [3.05, 3.63) is 28.2 Å². The highest BCUT2D eigenvalue weighted by atomic mass is 79.9. The molecule has 0 aliphatic carbocycles. The van der Waals surface area contributed by atoms with Crippen molar-refractivity contribution in [1.29, 1.82) is 0 Å². The Labute approximate surface area is 151 Å². The molecule has 6 nitrogen and oxygen atoms in total. The van der Waals surface area contributed by atoms with Crippen LogP contribution in [0.1, 0.15) is 23.2 Å². The summed E-state index contributed by atoms with van der Waals surface area (Å²) in [5.41, 5.74) is 0.206. The maximum atomic E-state index is 12.8. The van der Waals surface area contributed by atoms with Gasteiger partial charge in [0.1, 0.15) is 0 Å². The summed E-state index contributed by atoms with van der Waals surface area (Å²) >= 11 is 3.25. The lowest BCUT2D eigenvalue weighted by Gasteiger charge is -2.31. The van der Waals surface area contributed by atoms with Gasteiger partial charge >= 0.3 is 5.97 Å². The molecule has 23 heavy (non-hydrogen) atoms. The number of likely N-dealkylation sites (N-methyl/N-ethyl adjacent to an activating group) is 1. The first kappa shape index (κ1) is 20.4. The van der Waals surface area contributed by atoms with Crippen LogP contribution in [0.3, 0.4) is 0 Å². The number of halogens is 2. The molecule has 1 unspecified atom stereocenters. The number of ether oxygens (including phenoxy) is 1. The number of esters is 1. The van der Waals surface area contributed by atoms with Gasteiger partial charge in [0, 0.05) is 23.6 Å². The molecule has 1 saturated heterocycles. The number of carbonyl (C=O) groups excluding carboxylic acids is 1. The number of methoxy groups -OCH3 is 1. The number of carbonyl (C=O) groups is 1. The molecule has 0 bridgehead atoms. The van der Waals surface area contributed by atoms with Crippen molar-refractivity contribution >= 4 is 44.3 Å². The molecule has 0 amide bonds. The zero-order chi connectivity index (χ0) is 16.3. The quantitative estimate of drug-likeness (QED) is 0.744. The third-order valence-electron chi connectivity index (χ3n) is 3.72. The van der Waals surface area contributed by atoms with Crippen LogP contribution in [-0.4, -0.2) is 52.0 Å². The number of benzene rings is 1. The fraction of sp³-hybridized carbons (Fsp3) is 0.500. The van der Waals surface area contributed by atoms with Crippen molar-refractivity contribution in [2.75, 3.05) is 27.2 Å². The Balaban J connectivity index is 0.00000264. The minimum absolute atomic E-state index is 0. The van der Waals surface area contributed by atoms with E-state index in [4.69, 9.17) is 0 Å². The molecule has 1 heterocycles. The molecule has 1 aliphatic rings. The van der Waals surface area contributed by atoms with Crippen molar-refractivity contribution in [2.24, 2.45) is 0 Å². The zero-order valence-electron chi connectivity index (χ0n) is 12.9. The van der Waals surface area contributed by atoms with Gasteiger partial charge in [-0.2, -0.15) is 4.31 Å². The van der Waals surface area contributed by atoms with Gasteiger partial charge in [-0.05, 0) is 38.1 Å². The van der Waals surface area contributed by atoms with Crippen LogP contribution in [0.2, 0.25) is 0 Å². The van der Waals surface area contributed by atoms with Gasteiger partial charge < -0.3 is 10.1 Å². The molecule has 0 spiro atoms. The number of nitrogens with zero attached hydrogens (tertiary/aromatic N) is 1. The predicted octanol–water partition coefficient (Wildman–Crippen LogP) is 2.03. The molecule has 1 aromatic carbocycles. The number of nitrogens with one attached hydrogen (secondary N) is 1. The van der Waals surface area contributed by atoms with E-state index < -0.39 is 16.0 Å². The summed E-state index contributed by atoms with van der Waals surface area (Å²) in [6, 6.07) is 4.55. The second kappa shape index (κ2) is 8.43. The average molecular weight is 428 g/mol. The second-order valence-electron chi connectivity index (χ2n) is 5.16. The summed E-state index contributed by atoms with van der Waals surface area (Å²) < 4.78 is 32.2. The molecule has 1 fully saturated rings. The summed E-state index contributed by atoms with van der Waals surface area (Å²) in [5.74, 6) is -0.565. The first-order valence-electron chi connectivity index (χ1n) is 6.95. The summed E-state index contributed by atoms with van der Waals surface area (Å²) in [6.45, 7) is 0.916. The topological polar surface area (TPSA) is 75.7 Å². The number of sulfonamides is 1. The van der Waals surface area contributed by atoms with Crippen molar-refractivity contribution in [2.45, 2.75) is 23.8 Å². The number of hydrogen-bond acceptors (Lipinski definition) is 5. The Bertz CT molecular complexity index is 669. The molecule has 1 atom stereocenters. The Kier molecular flexibility index (Phi) is 7.47. The zero-order valence-corrected chi connectivity index (χ0v) is 16.1. The largest absolute Gasteiger partial charge is 0.465 e. The van der Waals surface area contributed by atoms with E-state index >= 15 is 0 Å². The number of hydrogen-bond donors (Lipinski definition) is 1. The standard InChI is InChI=1S/C14H19BrN2O4S.ClH/c1-16-12-4-3-5-17(9-12)22(19,20)13-7-10(14(18)21-2)6-11(15)8-13;/h6-8,12,16H,3-5,9H2,1-2H3;1H. The summed E-state index contributed by atoms with van der Waals surface area (Å²) in [7, 11) is -0.544. The summed E-state index contributed by atoms with van der Waals surface area (Å²) in [5, 5.41) is 3.12. The number of rotatable bonds is 4. The van der Waals surface area contributed by atoms with Crippen LogP contribution in [0.4, 0.5) is 0 Å². The lowest BCUT2D eigenvalue weighted by Crippen LogP contribution is -2.46. The molecule has 0 radical (unpaired) electrons. The average Bonchev–Trinajstić information content (AvgIpc) is 2.53. The normalized spacial score (nSPS) is 19.0. The molecule has 1 aromatic rings. The molecule has 2 rings (SSSR count). The van der Waals surface area contributed by atoms with E-state index in [9.17, 15) is 13.2 Å². The van der Waals surface area contributed by atoms with Gasteiger partial charge in [-0.3, -0.25) is 0 Å². The van der Waals surface area contributed by atoms with E-state index in [1.165, 1.54) is 29.6 Å². The van der Waals surface area contributed by atoms with Gasteiger partial charge in [0.15, 0.2) is 0 Å². The Morgan fingerprint density at radius 1 is 1.39 bits per heavy atom. The summed E-state index contributed by atoms with van der Waals surface area (Å²) in [4.78, 5) is 11.8. The molecular formula is C14H20BrClN2O4S. The Morgan fingerprint density at radius 3 is 2.70 bits per heavy atom. The van der Waals surface area contributed by atoms with E-state index in [-0.39, 0.29) is 28.9 Å². The third kappa shape index (κ3) is 4.67. The second-order valence-corrected chi connectivity index (χ2v) is 8.01. The maximum Gasteiger partial charge on any atom is 0.337 e. The molecule has 1 N–H and O–H groups in total. The van der Waals surface area contributed by atoms with Gasteiger partial charge in [0.05, 0.1) is 17.6 Å². The van der Waals surface area contributed by atoms with Crippen LogP contribution < -0.4 is 5.32 Å². The predicted molar refractivity (Wildman–Crippen MR) is 93.6 cm³/mol. The van der Waals surface area contributed by atoms with E-state index in [2.05, 4.69) is 26.0 Å².